The van der Waals surface area contributed by atoms with E-state index in [0.29, 0.717) is 12.8 Å². The SMILES string of the molecule is CC(C)(C)OC(=O)C(OC(=O)C12CC3CC(CC(C3)C1C(=O)O)C2)C(=O)OC(C)(C)C. The lowest BCUT2D eigenvalue weighted by molar-refractivity contribution is -0.207. The van der Waals surface area contributed by atoms with Crippen LogP contribution in [0.25, 0.3) is 0 Å². The topological polar surface area (TPSA) is 116 Å². The van der Waals surface area contributed by atoms with Gasteiger partial charge in [0.25, 0.3) is 6.10 Å². The first-order valence-electron chi connectivity index (χ1n) is 11.0. The Hall–Kier alpha value is -2.12. The Kier molecular flexibility index (Phi) is 5.91. The third-order valence-electron chi connectivity index (χ3n) is 6.45. The molecule has 4 bridgehead atoms. The van der Waals surface area contributed by atoms with Crippen molar-refractivity contribution in [1.82, 2.24) is 0 Å². The minimum absolute atomic E-state index is 0.0854. The zero-order valence-electron chi connectivity index (χ0n) is 19.2. The summed E-state index contributed by atoms with van der Waals surface area (Å²) in [5.74, 6) is -4.29. The maximum absolute atomic E-state index is 13.5. The van der Waals surface area contributed by atoms with Gasteiger partial charge in [-0.25, -0.2) is 9.59 Å². The molecule has 4 rings (SSSR count). The number of carbonyl (C=O) groups is 4. The van der Waals surface area contributed by atoms with E-state index in [1.165, 1.54) is 0 Å². The van der Waals surface area contributed by atoms with Crippen molar-refractivity contribution in [2.24, 2.45) is 29.1 Å². The highest BCUT2D eigenvalue weighted by Gasteiger charge is 2.64. The molecule has 0 aromatic carbocycles. The van der Waals surface area contributed by atoms with Crippen LogP contribution in [-0.2, 0) is 33.4 Å². The first kappa shape index (κ1) is 23.5. The molecule has 3 unspecified atom stereocenters. The van der Waals surface area contributed by atoms with Crippen LogP contribution >= 0.6 is 0 Å². The molecule has 174 valence electrons. The van der Waals surface area contributed by atoms with Crippen LogP contribution in [-0.4, -0.2) is 46.3 Å². The zero-order valence-corrected chi connectivity index (χ0v) is 19.2. The minimum atomic E-state index is -1.90. The molecule has 4 fully saturated rings. The fourth-order valence-electron chi connectivity index (χ4n) is 5.90. The average Bonchev–Trinajstić information content (AvgIpc) is 2.54. The normalized spacial score (nSPS) is 32.0. The van der Waals surface area contributed by atoms with Gasteiger partial charge in [-0.05, 0) is 91.4 Å². The van der Waals surface area contributed by atoms with Crippen molar-refractivity contribution < 1.29 is 38.5 Å². The third kappa shape index (κ3) is 4.88. The molecule has 1 N–H and O–H groups in total. The molecule has 0 saturated heterocycles. The molecule has 31 heavy (non-hydrogen) atoms. The largest absolute Gasteiger partial charge is 0.481 e. The molecule has 0 amide bonds. The van der Waals surface area contributed by atoms with Crippen molar-refractivity contribution in [3.8, 4) is 0 Å². The van der Waals surface area contributed by atoms with Gasteiger partial charge in [0.15, 0.2) is 0 Å². The van der Waals surface area contributed by atoms with Crippen LogP contribution in [0.3, 0.4) is 0 Å². The summed E-state index contributed by atoms with van der Waals surface area (Å²) in [5, 5.41) is 9.93. The Bertz CT molecular complexity index is 729. The maximum atomic E-state index is 13.5. The van der Waals surface area contributed by atoms with Gasteiger partial charge in [-0.15, -0.1) is 0 Å². The van der Waals surface area contributed by atoms with Gasteiger partial charge in [-0.3, -0.25) is 9.59 Å². The van der Waals surface area contributed by atoms with E-state index in [9.17, 15) is 24.3 Å². The Morgan fingerprint density at radius 2 is 1.29 bits per heavy atom. The molecule has 0 heterocycles. The summed E-state index contributed by atoms with van der Waals surface area (Å²) < 4.78 is 16.1. The molecular weight excluding hydrogens is 404 g/mol. The van der Waals surface area contributed by atoms with E-state index in [4.69, 9.17) is 14.2 Å². The summed E-state index contributed by atoms with van der Waals surface area (Å²) >= 11 is 0. The highest BCUT2D eigenvalue weighted by atomic mass is 16.6. The first-order chi connectivity index (χ1) is 14.1. The average molecular weight is 439 g/mol. The van der Waals surface area contributed by atoms with Crippen LogP contribution in [0.5, 0.6) is 0 Å². The van der Waals surface area contributed by atoms with Gasteiger partial charge >= 0.3 is 23.9 Å². The van der Waals surface area contributed by atoms with E-state index >= 15 is 0 Å². The van der Waals surface area contributed by atoms with E-state index in [2.05, 4.69) is 0 Å². The Labute approximate surface area is 183 Å². The summed E-state index contributed by atoms with van der Waals surface area (Å²) in [5.41, 5.74) is -3.04. The van der Waals surface area contributed by atoms with Crippen molar-refractivity contribution in [1.29, 1.82) is 0 Å². The van der Waals surface area contributed by atoms with E-state index in [-0.39, 0.29) is 17.8 Å². The summed E-state index contributed by atoms with van der Waals surface area (Å²) in [6.45, 7) is 9.82. The molecular formula is C23H34O8. The van der Waals surface area contributed by atoms with Crippen LogP contribution in [0.15, 0.2) is 0 Å². The number of aliphatic carboxylic acids is 1. The number of carbonyl (C=O) groups excluding carboxylic acids is 3. The monoisotopic (exact) mass is 438 g/mol. The van der Waals surface area contributed by atoms with Crippen LogP contribution in [0, 0.1) is 29.1 Å². The second kappa shape index (κ2) is 7.78. The van der Waals surface area contributed by atoms with Gasteiger partial charge in [0.1, 0.15) is 11.2 Å². The van der Waals surface area contributed by atoms with Crippen LogP contribution in [0.4, 0.5) is 0 Å². The number of hydrogen-bond acceptors (Lipinski definition) is 7. The van der Waals surface area contributed by atoms with Gasteiger partial charge < -0.3 is 19.3 Å². The van der Waals surface area contributed by atoms with E-state index < -0.39 is 52.5 Å². The molecule has 0 aromatic rings. The molecule has 8 heteroatoms. The Balaban J connectivity index is 1.89. The second-order valence-corrected chi connectivity index (χ2v) is 11.4. The maximum Gasteiger partial charge on any atom is 0.359 e. The summed E-state index contributed by atoms with van der Waals surface area (Å²) in [6.07, 6.45) is 1.50. The van der Waals surface area contributed by atoms with Crippen molar-refractivity contribution >= 4 is 23.9 Å². The molecule has 0 radical (unpaired) electrons. The molecule has 4 aliphatic carbocycles. The Morgan fingerprint density at radius 1 is 0.839 bits per heavy atom. The number of carboxylic acid groups (broad SMARTS) is 1. The lowest BCUT2D eigenvalue weighted by Gasteiger charge is -2.58. The smallest absolute Gasteiger partial charge is 0.359 e. The van der Waals surface area contributed by atoms with E-state index in [0.717, 1.165) is 19.3 Å². The molecule has 3 atom stereocenters. The molecule has 4 saturated carbocycles. The fraction of sp³-hybridized carbons (Fsp3) is 0.826. The lowest BCUT2D eigenvalue weighted by Crippen LogP contribution is -2.60. The van der Waals surface area contributed by atoms with Crippen LogP contribution in [0.1, 0.15) is 73.6 Å². The predicted octanol–water partition coefficient (Wildman–Crippen LogP) is 3.11. The van der Waals surface area contributed by atoms with Crippen molar-refractivity contribution in [2.45, 2.75) is 91.0 Å². The zero-order chi connectivity index (χ0) is 23.4. The summed E-state index contributed by atoms with van der Waals surface area (Å²) in [7, 11) is 0. The standard InChI is InChI=1S/C23H34O8/c1-21(2,3)30-18(26)16(19(27)31-22(4,5)6)29-20(28)23-10-12-7-13(11-23)9-14(8-12)15(23)17(24)25/h12-16H,7-11H2,1-6H3,(H,24,25). The summed E-state index contributed by atoms with van der Waals surface area (Å²) in [4.78, 5) is 51.1. The number of ether oxygens (including phenoxy) is 3. The van der Waals surface area contributed by atoms with Crippen molar-refractivity contribution in [3.05, 3.63) is 0 Å². The molecule has 0 aromatic heterocycles. The van der Waals surface area contributed by atoms with Crippen molar-refractivity contribution in [2.75, 3.05) is 0 Å². The van der Waals surface area contributed by atoms with Gasteiger partial charge in [-0.2, -0.15) is 0 Å². The summed E-state index contributed by atoms with van der Waals surface area (Å²) in [6, 6.07) is 0. The molecule has 4 aliphatic rings. The van der Waals surface area contributed by atoms with Gasteiger partial charge in [0.2, 0.25) is 0 Å². The third-order valence-corrected chi connectivity index (χ3v) is 6.45. The van der Waals surface area contributed by atoms with Crippen LogP contribution < -0.4 is 0 Å². The molecule has 0 aliphatic heterocycles. The lowest BCUT2D eigenvalue weighted by atomic mass is 9.45. The minimum Gasteiger partial charge on any atom is -0.481 e. The quantitative estimate of drug-likeness (QED) is 0.395. The van der Waals surface area contributed by atoms with Crippen LogP contribution in [0.2, 0.25) is 0 Å². The first-order valence-corrected chi connectivity index (χ1v) is 11.0. The number of esters is 3. The van der Waals surface area contributed by atoms with Crippen molar-refractivity contribution in [3.63, 3.8) is 0 Å². The van der Waals surface area contributed by atoms with E-state index in [1.54, 1.807) is 41.5 Å². The van der Waals surface area contributed by atoms with Gasteiger partial charge in [-0.1, -0.05) is 0 Å². The van der Waals surface area contributed by atoms with Gasteiger partial charge in [0, 0.05) is 0 Å². The highest BCUT2D eigenvalue weighted by Crippen LogP contribution is 2.63. The second-order valence-electron chi connectivity index (χ2n) is 11.4. The predicted molar refractivity (Wildman–Crippen MR) is 109 cm³/mol. The molecule has 0 spiro atoms. The van der Waals surface area contributed by atoms with Gasteiger partial charge in [0.05, 0.1) is 11.3 Å². The van der Waals surface area contributed by atoms with E-state index in [1.807, 2.05) is 0 Å². The Morgan fingerprint density at radius 3 is 1.68 bits per heavy atom. The number of carboxylic acids is 1. The fourth-order valence-corrected chi connectivity index (χ4v) is 5.90. The number of rotatable bonds is 5. The highest BCUT2D eigenvalue weighted by molar-refractivity contribution is 6.01. The number of hydrogen-bond donors (Lipinski definition) is 1. The molecule has 8 nitrogen and oxygen atoms in total.